The number of nitro benzene ring substituents is 1. The highest BCUT2D eigenvalue weighted by Gasteiger charge is 2.42. The summed E-state index contributed by atoms with van der Waals surface area (Å²) < 4.78 is 5.23. The second kappa shape index (κ2) is 5.71. The van der Waals surface area contributed by atoms with Crippen molar-refractivity contribution in [2.75, 3.05) is 11.9 Å². The Morgan fingerprint density at radius 3 is 2.65 bits per heavy atom. The molecule has 20 heavy (non-hydrogen) atoms. The van der Waals surface area contributed by atoms with Gasteiger partial charge < -0.3 is 25.4 Å². The molecule has 0 bridgehead atoms. The number of hydrogen-bond donors (Lipinski definition) is 4. The van der Waals surface area contributed by atoms with E-state index < -0.39 is 36.1 Å². The number of aliphatic hydroxyl groups excluding tert-OH is 3. The molecule has 1 aromatic carbocycles. The van der Waals surface area contributed by atoms with E-state index in [1.54, 1.807) is 19.1 Å². The van der Waals surface area contributed by atoms with Crippen molar-refractivity contribution in [3.8, 4) is 0 Å². The minimum atomic E-state index is -1.28. The van der Waals surface area contributed by atoms with Crippen molar-refractivity contribution in [2.45, 2.75) is 31.5 Å². The fourth-order valence-corrected chi connectivity index (χ4v) is 2.10. The summed E-state index contributed by atoms with van der Waals surface area (Å²) in [7, 11) is 0. The first-order valence-corrected chi connectivity index (χ1v) is 6.08. The lowest BCUT2D eigenvalue weighted by atomic mass is 10.1. The molecule has 1 aromatic rings. The van der Waals surface area contributed by atoms with E-state index in [0.717, 1.165) is 5.56 Å². The van der Waals surface area contributed by atoms with Crippen LogP contribution in [-0.2, 0) is 4.74 Å². The van der Waals surface area contributed by atoms with Gasteiger partial charge in [-0.1, -0.05) is 6.07 Å². The van der Waals surface area contributed by atoms with Crippen LogP contribution in [0.1, 0.15) is 5.56 Å². The van der Waals surface area contributed by atoms with Gasteiger partial charge in [-0.05, 0) is 18.6 Å². The molecule has 1 heterocycles. The quantitative estimate of drug-likeness (QED) is 0.444. The molecule has 1 aliphatic heterocycles. The first-order chi connectivity index (χ1) is 9.43. The van der Waals surface area contributed by atoms with Crippen molar-refractivity contribution < 1.29 is 25.0 Å². The molecule has 8 heteroatoms. The van der Waals surface area contributed by atoms with Gasteiger partial charge in [0, 0.05) is 6.07 Å². The minimum absolute atomic E-state index is 0.159. The van der Waals surface area contributed by atoms with E-state index in [2.05, 4.69) is 5.32 Å². The van der Waals surface area contributed by atoms with E-state index in [0.29, 0.717) is 0 Å². The van der Waals surface area contributed by atoms with Crippen LogP contribution in [0.25, 0.3) is 0 Å². The topological polar surface area (TPSA) is 125 Å². The van der Waals surface area contributed by atoms with Crippen molar-refractivity contribution in [1.82, 2.24) is 0 Å². The van der Waals surface area contributed by atoms with Gasteiger partial charge in [-0.3, -0.25) is 10.1 Å². The maximum atomic E-state index is 10.9. The van der Waals surface area contributed by atoms with Crippen LogP contribution in [-0.4, -0.2) is 51.4 Å². The van der Waals surface area contributed by atoms with Crippen LogP contribution in [0.15, 0.2) is 18.2 Å². The summed E-state index contributed by atoms with van der Waals surface area (Å²) in [5.74, 6) is 0. The number of anilines is 1. The third-order valence-corrected chi connectivity index (χ3v) is 3.19. The Morgan fingerprint density at radius 2 is 2.10 bits per heavy atom. The number of ether oxygens (including phenoxy) is 1. The molecule has 4 atom stereocenters. The lowest BCUT2D eigenvalue weighted by Crippen LogP contribution is -2.36. The van der Waals surface area contributed by atoms with Gasteiger partial charge in [0.25, 0.3) is 5.69 Å². The van der Waals surface area contributed by atoms with Gasteiger partial charge in [0.1, 0.15) is 24.0 Å². The van der Waals surface area contributed by atoms with Crippen molar-refractivity contribution in [2.24, 2.45) is 0 Å². The summed E-state index contributed by atoms with van der Waals surface area (Å²) in [5.41, 5.74) is 0.822. The van der Waals surface area contributed by atoms with E-state index in [9.17, 15) is 20.3 Å². The lowest BCUT2D eigenvalue weighted by Gasteiger charge is -2.17. The number of nitro groups is 1. The molecule has 110 valence electrons. The summed E-state index contributed by atoms with van der Waals surface area (Å²) in [5, 5.41) is 42.1. The van der Waals surface area contributed by atoms with Crippen LogP contribution in [0.5, 0.6) is 0 Å². The summed E-state index contributed by atoms with van der Waals surface area (Å²) >= 11 is 0. The van der Waals surface area contributed by atoms with E-state index in [1.807, 2.05) is 0 Å². The third-order valence-electron chi connectivity index (χ3n) is 3.19. The maximum absolute atomic E-state index is 10.9. The van der Waals surface area contributed by atoms with E-state index >= 15 is 0 Å². The molecule has 0 aromatic heterocycles. The Balaban J connectivity index is 2.22. The van der Waals surface area contributed by atoms with Gasteiger partial charge in [0.2, 0.25) is 0 Å². The van der Waals surface area contributed by atoms with Crippen molar-refractivity contribution in [3.63, 3.8) is 0 Å². The molecule has 8 nitrogen and oxygen atoms in total. The monoisotopic (exact) mass is 284 g/mol. The van der Waals surface area contributed by atoms with Crippen LogP contribution in [0.3, 0.4) is 0 Å². The third kappa shape index (κ3) is 2.73. The number of benzene rings is 1. The zero-order chi connectivity index (χ0) is 14.9. The Morgan fingerprint density at radius 1 is 1.40 bits per heavy atom. The normalized spacial score (nSPS) is 29.4. The predicted octanol–water partition coefficient (Wildman–Crippen LogP) is -0.246. The van der Waals surface area contributed by atoms with Gasteiger partial charge in [-0.2, -0.15) is 0 Å². The number of aryl methyl sites for hydroxylation is 1. The van der Waals surface area contributed by atoms with Crippen molar-refractivity contribution in [1.29, 1.82) is 0 Å². The maximum Gasteiger partial charge on any atom is 0.292 e. The van der Waals surface area contributed by atoms with Crippen LogP contribution in [0.4, 0.5) is 11.4 Å². The van der Waals surface area contributed by atoms with E-state index in [4.69, 9.17) is 9.84 Å². The Hall–Kier alpha value is -1.74. The smallest absolute Gasteiger partial charge is 0.292 e. The highest BCUT2D eigenvalue weighted by atomic mass is 16.6. The van der Waals surface area contributed by atoms with Gasteiger partial charge in [-0.25, -0.2) is 0 Å². The van der Waals surface area contributed by atoms with E-state index in [-0.39, 0.29) is 11.4 Å². The van der Waals surface area contributed by atoms with Crippen LogP contribution in [0.2, 0.25) is 0 Å². The highest BCUT2D eigenvalue weighted by molar-refractivity contribution is 5.63. The Labute approximate surface area is 114 Å². The molecular weight excluding hydrogens is 268 g/mol. The average Bonchev–Trinajstić information content (AvgIpc) is 2.66. The molecule has 1 fully saturated rings. The molecule has 0 radical (unpaired) electrons. The van der Waals surface area contributed by atoms with Crippen molar-refractivity contribution in [3.05, 3.63) is 33.9 Å². The van der Waals surface area contributed by atoms with Crippen LogP contribution >= 0.6 is 0 Å². The predicted molar refractivity (Wildman–Crippen MR) is 69.2 cm³/mol. The lowest BCUT2D eigenvalue weighted by molar-refractivity contribution is -0.384. The summed E-state index contributed by atoms with van der Waals surface area (Å²) in [6.07, 6.45) is -4.48. The van der Waals surface area contributed by atoms with Gasteiger partial charge in [0.05, 0.1) is 11.5 Å². The minimum Gasteiger partial charge on any atom is -0.394 e. The second-order valence-corrected chi connectivity index (χ2v) is 4.68. The SMILES string of the molecule is Cc1ccc([N+](=O)[O-])c(N[C@@H]2O[C@@H](CO)[C@@H](O)[C@@H]2O)c1. The fraction of sp³-hybridized carbons (Fsp3) is 0.500. The summed E-state index contributed by atoms with van der Waals surface area (Å²) in [4.78, 5) is 10.4. The summed E-state index contributed by atoms with van der Waals surface area (Å²) in [6, 6.07) is 4.49. The number of hydrogen-bond acceptors (Lipinski definition) is 7. The molecule has 1 saturated heterocycles. The van der Waals surface area contributed by atoms with Gasteiger partial charge in [-0.15, -0.1) is 0 Å². The van der Waals surface area contributed by atoms with Gasteiger partial charge in [0.15, 0.2) is 6.23 Å². The molecule has 1 aliphatic rings. The first kappa shape index (κ1) is 14.7. The number of rotatable bonds is 4. The van der Waals surface area contributed by atoms with E-state index in [1.165, 1.54) is 6.07 Å². The summed E-state index contributed by atoms with van der Waals surface area (Å²) in [6.45, 7) is 1.32. The first-order valence-electron chi connectivity index (χ1n) is 6.08. The van der Waals surface area contributed by atoms with Crippen molar-refractivity contribution >= 4 is 11.4 Å². The van der Waals surface area contributed by atoms with Gasteiger partial charge >= 0.3 is 0 Å². The van der Waals surface area contributed by atoms with Crippen LogP contribution < -0.4 is 5.32 Å². The zero-order valence-electron chi connectivity index (χ0n) is 10.8. The molecule has 4 N–H and O–H groups in total. The Bertz CT molecular complexity index is 509. The Kier molecular flexibility index (Phi) is 4.19. The average molecular weight is 284 g/mol. The largest absolute Gasteiger partial charge is 0.394 e. The molecule has 0 amide bonds. The standard InChI is InChI=1S/C12H16N2O6/c1-6-2-3-8(14(18)19)7(4-6)13-12-11(17)10(16)9(5-15)20-12/h2-4,9-13,15-17H,5H2,1H3/t9-,10+,11-,12+/m0/s1. The molecule has 0 unspecified atom stereocenters. The fourth-order valence-electron chi connectivity index (χ4n) is 2.10. The second-order valence-electron chi connectivity index (χ2n) is 4.68. The molecule has 2 rings (SSSR count). The van der Waals surface area contributed by atoms with Crippen LogP contribution in [0, 0.1) is 17.0 Å². The number of nitrogens with one attached hydrogen (secondary N) is 1. The molecular formula is C12H16N2O6. The molecule has 0 aliphatic carbocycles. The highest BCUT2D eigenvalue weighted by Crippen LogP contribution is 2.29. The molecule has 0 spiro atoms. The zero-order valence-corrected chi connectivity index (χ0v) is 10.8. The number of nitrogens with zero attached hydrogens (tertiary/aromatic N) is 1. The molecule has 0 saturated carbocycles. The number of aliphatic hydroxyl groups is 3.